The first-order chi connectivity index (χ1) is 16.5. The molecule has 0 amide bonds. The van der Waals surface area contributed by atoms with E-state index in [1.165, 1.54) is 12.1 Å². The van der Waals surface area contributed by atoms with Gasteiger partial charge in [-0.05, 0) is 44.3 Å². The van der Waals surface area contributed by atoms with Crippen LogP contribution in [0.2, 0.25) is 0 Å². The first-order valence-electron chi connectivity index (χ1n) is 11.3. The van der Waals surface area contributed by atoms with Crippen LogP contribution in [0, 0.1) is 12.7 Å². The van der Waals surface area contributed by atoms with Crippen molar-refractivity contribution < 1.29 is 4.39 Å². The van der Waals surface area contributed by atoms with Crippen molar-refractivity contribution >= 4 is 33.9 Å². The molecule has 0 spiro atoms. The number of nitrogens with zero attached hydrogens (tertiary/aromatic N) is 6. The van der Waals surface area contributed by atoms with E-state index in [1.54, 1.807) is 12.3 Å². The topological polar surface area (TPSA) is 77.4 Å². The van der Waals surface area contributed by atoms with E-state index >= 15 is 0 Å². The van der Waals surface area contributed by atoms with E-state index in [9.17, 15) is 4.39 Å². The lowest BCUT2D eigenvalue weighted by Crippen LogP contribution is -2.44. The molecule has 3 aromatic heterocycles. The molecule has 0 radical (unpaired) electrons. The van der Waals surface area contributed by atoms with Crippen molar-refractivity contribution in [2.24, 2.45) is 0 Å². The molecule has 4 heterocycles. The van der Waals surface area contributed by atoms with E-state index in [1.807, 2.05) is 35.7 Å². The van der Waals surface area contributed by atoms with Gasteiger partial charge in [-0.2, -0.15) is 5.10 Å². The fraction of sp³-hybridized carbons (Fsp3) is 0.240. The molecule has 1 aliphatic rings. The maximum Gasteiger partial charge on any atom is 0.157 e. The van der Waals surface area contributed by atoms with E-state index in [0.717, 1.165) is 71.3 Å². The number of likely N-dealkylation sites (N-methyl/N-ethyl adjacent to an activating group) is 1. The highest BCUT2D eigenvalue weighted by molar-refractivity contribution is 5.89. The lowest BCUT2D eigenvalue weighted by molar-refractivity contribution is 0.312. The van der Waals surface area contributed by atoms with Gasteiger partial charge in [0.05, 0.1) is 17.9 Å². The summed E-state index contributed by atoms with van der Waals surface area (Å²) in [4.78, 5) is 14.2. The number of piperazine rings is 1. The molecule has 8 nitrogen and oxygen atoms in total. The molecule has 6 rings (SSSR count). The van der Waals surface area contributed by atoms with Crippen molar-refractivity contribution in [2.75, 3.05) is 43.4 Å². The number of hydrogen-bond donors (Lipinski definition) is 2. The fourth-order valence-electron chi connectivity index (χ4n) is 4.45. The normalized spacial score (nSPS) is 14.9. The second-order valence-corrected chi connectivity index (χ2v) is 8.79. The molecule has 2 N–H and O–H groups in total. The third-order valence-corrected chi connectivity index (χ3v) is 6.43. The summed E-state index contributed by atoms with van der Waals surface area (Å²) in [5.41, 5.74) is 4.99. The average Bonchev–Trinajstić information content (AvgIpc) is 3.39. The molecular formula is C25H25FN8. The third kappa shape index (κ3) is 3.63. The Balaban J connectivity index is 1.50. The maximum absolute atomic E-state index is 14.0. The average molecular weight is 457 g/mol. The highest BCUT2D eigenvalue weighted by atomic mass is 19.1. The summed E-state index contributed by atoms with van der Waals surface area (Å²) in [7, 11) is 2.13. The summed E-state index contributed by atoms with van der Waals surface area (Å²) >= 11 is 0. The molecule has 0 atom stereocenters. The number of imidazole rings is 1. The molecule has 0 aliphatic carbocycles. The number of aromatic amines is 1. The molecule has 5 aromatic rings. The van der Waals surface area contributed by atoms with Gasteiger partial charge >= 0.3 is 0 Å². The SMILES string of the molecule is Cc1[nH]nc2ccc(-c3nc4cnc(N5CCN(C)CC5)cn4c3Nc3cccc(F)c3)cc12. The highest BCUT2D eigenvalue weighted by Gasteiger charge is 2.20. The molecule has 1 aliphatic heterocycles. The summed E-state index contributed by atoms with van der Waals surface area (Å²) in [5, 5.41) is 11.8. The first-order valence-corrected chi connectivity index (χ1v) is 11.3. The Morgan fingerprint density at radius 1 is 1.06 bits per heavy atom. The minimum atomic E-state index is -0.296. The van der Waals surface area contributed by atoms with Crippen molar-refractivity contribution in [3.8, 4) is 11.3 Å². The van der Waals surface area contributed by atoms with Crippen LogP contribution in [-0.4, -0.2) is 62.7 Å². The van der Waals surface area contributed by atoms with E-state index in [0.29, 0.717) is 5.69 Å². The molecule has 0 saturated carbocycles. The Morgan fingerprint density at radius 2 is 1.91 bits per heavy atom. The monoisotopic (exact) mass is 456 g/mol. The van der Waals surface area contributed by atoms with E-state index in [4.69, 9.17) is 9.97 Å². The second kappa shape index (κ2) is 8.11. The number of hydrogen-bond acceptors (Lipinski definition) is 6. The first kappa shape index (κ1) is 20.6. The molecule has 0 unspecified atom stereocenters. The number of H-pyrrole nitrogens is 1. The van der Waals surface area contributed by atoms with Crippen LogP contribution in [0.4, 0.5) is 21.7 Å². The van der Waals surface area contributed by atoms with Crippen molar-refractivity contribution in [3.05, 3.63) is 66.4 Å². The van der Waals surface area contributed by atoms with Crippen molar-refractivity contribution in [2.45, 2.75) is 6.92 Å². The predicted octanol–water partition coefficient (Wildman–Crippen LogP) is 4.22. The minimum absolute atomic E-state index is 0.296. The fourth-order valence-corrected chi connectivity index (χ4v) is 4.45. The summed E-state index contributed by atoms with van der Waals surface area (Å²) < 4.78 is 16.0. The van der Waals surface area contributed by atoms with Crippen LogP contribution < -0.4 is 10.2 Å². The molecule has 34 heavy (non-hydrogen) atoms. The Hall–Kier alpha value is -3.98. The zero-order valence-electron chi connectivity index (χ0n) is 19.1. The van der Waals surface area contributed by atoms with Crippen LogP contribution >= 0.6 is 0 Å². The Bertz CT molecular complexity index is 1500. The zero-order valence-corrected chi connectivity index (χ0v) is 19.1. The number of fused-ring (bicyclic) bond motifs is 2. The number of benzene rings is 2. The molecule has 172 valence electrons. The summed E-state index contributed by atoms with van der Waals surface area (Å²) in [6.45, 7) is 5.82. The number of halogens is 1. The van der Waals surface area contributed by atoms with E-state index in [2.05, 4.69) is 38.4 Å². The zero-order chi connectivity index (χ0) is 23.2. The molecule has 1 saturated heterocycles. The van der Waals surface area contributed by atoms with Gasteiger partial charge in [0.25, 0.3) is 0 Å². The second-order valence-electron chi connectivity index (χ2n) is 8.79. The summed E-state index contributed by atoms with van der Waals surface area (Å²) in [6, 6.07) is 12.5. The number of anilines is 3. The molecule has 0 bridgehead atoms. The van der Waals surface area contributed by atoms with Gasteiger partial charge in [0.15, 0.2) is 5.65 Å². The minimum Gasteiger partial charge on any atom is -0.353 e. The smallest absolute Gasteiger partial charge is 0.157 e. The lowest BCUT2D eigenvalue weighted by atomic mass is 10.1. The van der Waals surface area contributed by atoms with Crippen LogP contribution in [0.1, 0.15) is 5.69 Å². The van der Waals surface area contributed by atoms with Crippen LogP contribution in [0.15, 0.2) is 54.9 Å². The van der Waals surface area contributed by atoms with Gasteiger partial charge in [0, 0.05) is 48.5 Å². The molecule has 9 heteroatoms. The van der Waals surface area contributed by atoms with Crippen molar-refractivity contribution in [3.63, 3.8) is 0 Å². The van der Waals surface area contributed by atoms with Gasteiger partial charge in [-0.15, -0.1) is 0 Å². The number of aryl methyl sites for hydroxylation is 1. The summed E-state index contributed by atoms with van der Waals surface area (Å²) in [5.74, 6) is 1.36. The van der Waals surface area contributed by atoms with Crippen molar-refractivity contribution in [1.82, 2.24) is 29.5 Å². The molecule has 1 fully saturated rings. The lowest BCUT2D eigenvalue weighted by Gasteiger charge is -2.33. The number of rotatable bonds is 4. The van der Waals surface area contributed by atoms with Gasteiger partial charge in [0.2, 0.25) is 0 Å². The van der Waals surface area contributed by atoms with Gasteiger partial charge < -0.3 is 15.1 Å². The van der Waals surface area contributed by atoms with Crippen LogP contribution in [0.5, 0.6) is 0 Å². The van der Waals surface area contributed by atoms with E-state index in [-0.39, 0.29) is 5.82 Å². The Morgan fingerprint density at radius 3 is 2.74 bits per heavy atom. The van der Waals surface area contributed by atoms with Crippen LogP contribution in [0.25, 0.3) is 27.8 Å². The quantitative estimate of drug-likeness (QED) is 0.422. The van der Waals surface area contributed by atoms with E-state index < -0.39 is 0 Å². The van der Waals surface area contributed by atoms with Gasteiger partial charge in [-0.3, -0.25) is 9.50 Å². The number of nitrogens with one attached hydrogen (secondary N) is 2. The van der Waals surface area contributed by atoms with Gasteiger partial charge in [-0.25, -0.2) is 14.4 Å². The Kier molecular flexibility index (Phi) is 4.91. The maximum atomic E-state index is 14.0. The Labute approximate surface area is 196 Å². The largest absolute Gasteiger partial charge is 0.353 e. The van der Waals surface area contributed by atoms with Gasteiger partial charge in [-0.1, -0.05) is 12.1 Å². The van der Waals surface area contributed by atoms with Crippen LogP contribution in [0.3, 0.4) is 0 Å². The molecule has 2 aromatic carbocycles. The summed E-state index contributed by atoms with van der Waals surface area (Å²) in [6.07, 6.45) is 3.82. The molecular weight excluding hydrogens is 431 g/mol. The standard InChI is InChI=1S/C25H25FN8/c1-16-20-12-17(6-7-21(20)31-30-16)24-25(28-19-5-3-4-18(26)13-19)34-15-23(27-14-22(34)29-24)33-10-8-32(2)9-11-33/h3-7,12-15,28H,8-11H2,1-2H3,(H,30,31). The third-order valence-electron chi connectivity index (χ3n) is 6.43. The highest BCUT2D eigenvalue weighted by Crippen LogP contribution is 2.34. The van der Waals surface area contributed by atoms with Crippen molar-refractivity contribution in [1.29, 1.82) is 0 Å². The van der Waals surface area contributed by atoms with Crippen LogP contribution in [-0.2, 0) is 0 Å². The number of aromatic nitrogens is 5. The predicted molar refractivity (Wildman–Crippen MR) is 132 cm³/mol. The van der Waals surface area contributed by atoms with Gasteiger partial charge in [0.1, 0.15) is 23.1 Å².